The Balaban J connectivity index is 2.32. The Kier molecular flexibility index (Phi) is 2.23. The summed E-state index contributed by atoms with van der Waals surface area (Å²) < 4.78 is 4.94. The van der Waals surface area contributed by atoms with Gasteiger partial charge in [-0.3, -0.25) is 4.90 Å². The Labute approximate surface area is 82.6 Å². The molecule has 0 spiro atoms. The lowest BCUT2D eigenvalue weighted by Crippen LogP contribution is -2.31. The fraction of sp³-hybridized carbons (Fsp3) is 0.182. The van der Waals surface area contributed by atoms with Crippen molar-refractivity contribution in [1.82, 2.24) is 0 Å². The van der Waals surface area contributed by atoms with Crippen molar-refractivity contribution < 1.29 is 9.53 Å². The molecule has 0 bridgehead atoms. The standard InChI is InChI=1S/C11H11NO2/c1-2-9-8-14-11(13)12(9)10-6-4-3-5-7-10/h2-7,9H,1,8H2/t9-/m1/s1. The molecule has 0 aromatic heterocycles. The highest BCUT2D eigenvalue weighted by Crippen LogP contribution is 2.22. The SMILES string of the molecule is C=C[C@@H]1COC(=O)N1c1ccccc1. The van der Waals surface area contributed by atoms with Crippen LogP contribution in [0.2, 0.25) is 0 Å². The second-order valence-electron chi connectivity index (χ2n) is 3.09. The van der Waals surface area contributed by atoms with E-state index in [0.717, 1.165) is 5.69 Å². The van der Waals surface area contributed by atoms with E-state index in [1.165, 1.54) is 0 Å². The van der Waals surface area contributed by atoms with Gasteiger partial charge in [0.2, 0.25) is 0 Å². The van der Waals surface area contributed by atoms with Crippen LogP contribution in [0.15, 0.2) is 43.0 Å². The van der Waals surface area contributed by atoms with Crippen molar-refractivity contribution in [3.63, 3.8) is 0 Å². The third-order valence-corrected chi connectivity index (χ3v) is 2.21. The predicted octanol–water partition coefficient (Wildman–Crippen LogP) is 2.20. The number of para-hydroxylation sites is 1. The van der Waals surface area contributed by atoms with Crippen LogP contribution in [0.25, 0.3) is 0 Å². The highest BCUT2D eigenvalue weighted by molar-refractivity contribution is 5.90. The third-order valence-electron chi connectivity index (χ3n) is 2.21. The lowest BCUT2D eigenvalue weighted by atomic mass is 10.2. The zero-order valence-electron chi connectivity index (χ0n) is 7.72. The van der Waals surface area contributed by atoms with Crippen LogP contribution in [0.4, 0.5) is 10.5 Å². The summed E-state index contributed by atoms with van der Waals surface area (Å²) in [5.74, 6) is 0. The van der Waals surface area contributed by atoms with E-state index in [-0.39, 0.29) is 12.1 Å². The largest absolute Gasteiger partial charge is 0.447 e. The first-order valence-corrected chi connectivity index (χ1v) is 4.46. The molecule has 1 fully saturated rings. The van der Waals surface area contributed by atoms with Gasteiger partial charge in [-0.2, -0.15) is 0 Å². The van der Waals surface area contributed by atoms with E-state index >= 15 is 0 Å². The maximum Gasteiger partial charge on any atom is 0.415 e. The highest BCUT2D eigenvalue weighted by atomic mass is 16.6. The van der Waals surface area contributed by atoms with Gasteiger partial charge < -0.3 is 4.74 Å². The maximum absolute atomic E-state index is 11.4. The van der Waals surface area contributed by atoms with E-state index in [9.17, 15) is 4.79 Å². The molecule has 72 valence electrons. The number of benzene rings is 1. The number of carbonyl (C=O) groups is 1. The fourth-order valence-electron chi connectivity index (χ4n) is 1.50. The van der Waals surface area contributed by atoms with Gasteiger partial charge in [-0.1, -0.05) is 24.3 Å². The zero-order valence-corrected chi connectivity index (χ0v) is 7.72. The molecule has 1 saturated heterocycles. The number of anilines is 1. The summed E-state index contributed by atoms with van der Waals surface area (Å²) >= 11 is 0. The Morgan fingerprint density at radius 3 is 2.79 bits per heavy atom. The van der Waals surface area contributed by atoms with Crippen molar-refractivity contribution >= 4 is 11.8 Å². The number of amides is 1. The highest BCUT2D eigenvalue weighted by Gasteiger charge is 2.31. The summed E-state index contributed by atoms with van der Waals surface area (Å²) in [6, 6.07) is 9.40. The van der Waals surface area contributed by atoms with Crippen molar-refractivity contribution in [1.29, 1.82) is 0 Å². The lowest BCUT2D eigenvalue weighted by molar-refractivity contribution is 0.180. The van der Waals surface area contributed by atoms with Crippen LogP contribution in [0.3, 0.4) is 0 Å². The molecule has 1 atom stereocenters. The summed E-state index contributed by atoms with van der Waals surface area (Å²) in [7, 11) is 0. The van der Waals surface area contributed by atoms with Gasteiger partial charge in [-0.15, -0.1) is 6.58 Å². The van der Waals surface area contributed by atoms with Gasteiger partial charge in [-0.05, 0) is 12.1 Å². The molecule has 0 radical (unpaired) electrons. The number of hydrogen-bond acceptors (Lipinski definition) is 2. The second kappa shape index (κ2) is 3.54. The average Bonchev–Trinajstić information content (AvgIpc) is 2.61. The van der Waals surface area contributed by atoms with Gasteiger partial charge in [0.15, 0.2) is 0 Å². The number of nitrogens with zero attached hydrogens (tertiary/aromatic N) is 1. The molecule has 2 rings (SSSR count). The van der Waals surface area contributed by atoms with Crippen LogP contribution in [0, 0.1) is 0 Å². The van der Waals surface area contributed by atoms with Crippen LogP contribution in [-0.2, 0) is 4.74 Å². The molecule has 0 saturated carbocycles. The summed E-state index contributed by atoms with van der Waals surface area (Å²) in [6.45, 7) is 4.07. The third kappa shape index (κ3) is 1.37. The molecule has 1 aromatic carbocycles. The number of carbonyl (C=O) groups excluding carboxylic acids is 1. The molecule has 0 unspecified atom stereocenters. The lowest BCUT2D eigenvalue weighted by Gasteiger charge is -2.17. The average molecular weight is 189 g/mol. The van der Waals surface area contributed by atoms with Crippen molar-refractivity contribution in [3.8, 4) is 0 Å². The number of hydrogen-bond donors (Lipinski definition) is 0. The van der Waals surface area contributed by atoms with Gasteiger partial charge >= 0.3 is 6.09 Å². The first-order chi connectivity index (χ1) is 6.83. The summed E-state index contributed by atoms with van der Waals surface area (Å²) in [5, 5.41) is 0. The Morgan fingerprint density at radius 1 is 1.43 bits per heavy atom. The molecular weight excluding hydrogens is 178 g/mol. The van der Waals surface area contributed by atoms with E-state index in [0.29, 0.717) is 6.61 Å². The van der Waals surface area contributed by atoms with Crippen LogP contribution < -0.4 is 4.90 Å². The van der Waals surface area contributed by atoms with E-state index in [4.69, 9.17) is 4.74 Å². The first-order valence-electron chi connectivity index (χ1n) is 4.46. The van der Waals surface area contributed by atoms with Crippen LogP contribution in [0.5, 0.6) is 0 Å². The van der Waals surface area contributed by atoms with Crippen LogP contribution >= 0.6 is 0 Å². The normalized spacial score (nSPS) is 20.7. The van der Waals surface area contributed by atoms with Crippen molar-refractivity contribution in [2.75, 3.05) is 11.5 Å². The van der Waals surface area contributed by atoms with Gasteiger partial charge in [0.25, 0.3) is 0 Å². The summed E-state index contributed by atoms with van der Waals surface area (Å²) in [5.41, 5.74) is 0.847. The van der Waals surface area contributed by atoms with Gasteiger partial charge in [-0.25, -0.2) is 4.79 Å². The number of cyclic esters (lactones) is 1. The number of rotatable bonds is 2. The molecule has 1 aliphatic rings. The zero-order chi connectivity index (χ0) is 9.97. The molecule has 0 aliphatic carbocycles. The summed E-state index contributed by atoms with van der Waals surface area (Å²) in [4.78, 5) is 13.0. The minimum Gasteiger partial charge on any atom is -0.447 e. The molecule has 1 heterocycles. The second-order valence-corrected chi connectivity index (χ2v) is 3.09. The Hall–Kier alpha value is -1.77. The smallest absolute Gasteiger partial charge is 0.415 e. The first kappa shape index (κ1) is 8.81. The van der Waals surface area contributed by atoms with Crippen molar-refractivity contribution in [2.45, 2.75) is 6.04 Å². The molecule has 1 aromatic rings. The Bertz CT molecular complexity index is 348. The molecule has 1 amide bonds. The van der Waals surface area contributed by atoms with Gasteiger partial charge in [0.1, 0.15) is 6.61 Å². The van der Waals surface area contributed by atoms with E-state index in [1.807, 2.05) is 30.3 Å². The minimum atomic E-state index is -0.305. The van der Waals surface area contributed by atoms with Gasteiger partial charge in [0.05, 0.1) is 6.04 Å². The maximum atomic E-state index is 11.4. The molecular formula is C11H11NO2. The van der Waals surface area contributed by atoms with E-state index in [2.05, 4.69) is 6.58 Å². The molecule has 3 heteroatoms. The minimum absolute atomic E-state index is 0.0510. The molecule has 0 N–H and O–H groups in total. The summed E-state index contributed by atoms with van der Waals surface area (Å²) in [6.07, 6.45) is 1.42. The molecule has 3 nitrogen and oxygen atoms in total. The van der Waals surface area contributed by atoms with Crippen LogP contribution in [0.1, 0.15) is 0 Å². The molecule has 14 heavy (non-hydrogen) atoms. The topological polar surface area (TPSA) is 29.5 Å². The monoisotopic (exact) mass is 189 g/mol. The fourth-order valence-corrected chi connectivity index (χ4v) is 1.50. The van der Waals surface area contributed by atoms with E-state index in [1.54, 1.807) is 11.0 Å². The van der Waals surface area contributed by atoms with Crippen molar-refractivity contribution in [2.24, 2.45) is 0 Å². The number of ether oxygens (including phenoxy) is 1. The van der Waals surface area contributed by atoms with E-state index < -0.39 is 0 Å². The van der Waals surface area contributed by atoms with Gasteiger partial charge in [0, 0.05) is 5.69 Å². The van der Waals surface area contributed by atoms with Crippen molar-refractivity contribution in [3.05, 3.63) is 43.0 Å². The quantitative estimate of drug-likeness (QED) is 0.667. The molecule has 1 aliphatic heterocycles. The predicted molar refractivity (Wildman–Crippen MR) is 54.3 cm³/mol. The Morgan fingerprint density at radius 2 is 2.14 bits per heavy atom. The van der Waals surface area contributed by atoms with Crippen LogP contribution in [-0.4, -0.2) is 18.7 Å².